The highest BCUT2D eigenvalue weighted by atomic mass is 35.5. The third-order valence-corrected chi connectivity index (χ3v) is 7.90. The summed E-state index contributed by atoms with van der Waals surface area (Å²) in [6.07, 6.45) is 8.35. The molecule has 1 fully saturated rings. The Bertz CT molecular complexity index is 1380. The largest absolute Gasteiger partial charge is 0.290 e. The van der Waals surface area contributed by atoms with E-state index in [-0.39, 0.29) is 0 Å². The molecule has 35 heavy (non-hydrogen) atoms. The topological polar surface area (TPSA) is 42.2 Å². The number of aromatic nitrogens is 2. The van der Waals surface area contributed by atoms with Crippen molar-refractivity contribution in [1.29, 1.82) is 0 Å². The van der Waals surface area contributed by atoms with Crippen molar-refractivity contribution in [3.8, 4) is 11.3 Å². The molecule has 7 heteroatoms. The first-order valence-electron chi connectivity index (χ1n) is 11.8. The van der Waals surface area contributed by atoms with Gasteiger partial charge in [0.25, 0.3) is 0 Å². The van der Waals surface area contributed by atoms with Gasteiger partial charge in [-0.2, -0.15) is 0 Å². The van der Waals surface area contributed by atoms with E-state index in [4.69, 9.17) is 28.2 Å². The lowest BCUT2D eigenvalue weighted by atomic mass is 9.84. The molecule has 0 saturated heterocycles. The molecule has 0 unspecified atom stereocenters. The summed E-state index contributed by atoms with van der Waals surface area (Å²) in [7, 11) is 0. The highest BCUT2D eigenvalue weighted by Crippen LogP contribution is 2.34. The molecule has 0 radical (unpaired) electrons. The highest BCUT2D eigenvalue weighted by molar-refractivity contribution is 7.07. The van der Waals surface area contributed by atoms with E-state index in [1.165, 1.54) is 37.7 Å². The minimum absolute atomic E-state index is 0.473. The van der Waals surface area contributed by atoms with Gasteiger partial charge in [0.2, 0.25) is 4.80 Å². The van der Waals surface area contributed by atoms with Crippen LogP contribution in [-0.2, 0) is 0 Å². The third-order valence-electron chi connectivity index (χ3n) is 6.34. The summed E-state index contributed by atoms with van der Waals surface area (Å²) in [4.78, 5) is 10.0. The monoisotopic (exact) mass is 520 g/mol. The average Bonchev–Trinajstić information content (AvgIpc) is 3.29. The number of hydrogen-bond acceptors (Lipinski definition) is 4. The maximum absolute atomic E-state index is 6.23. The molecule has 0 amide bonds. The molecule has 0 atom stereocenters. The molecular formula is C28H26Cl2N4S. The van der Waals surface area contributed by atoms with Crippen molar-refractivity contribution in [1.82, 2.24) is 9.66 Å². The predicted molar refractivity (Wildman–Crippen MR) is 148 cm³/mol. The van der Waals surface area contributed by atoms with Crippen molar-refractivity contribution >= 4 is 45.9 Å². The first-order chi connectivity index (χ1) is 17.1. The summed E-state index contributed by atoms with van der Waals surface area (Å²) < 4.78 is 1.96. The van der Waals surface area contributed by atoms with Gasteiger partial charge in [-0.1, -0.05) is 79.4 Å². The lowest BCUT2D eigenvalue weighted by molar-refractivity contribution is 0.443. The minimum atomic E-state index is 0.473. The van der Waals surface area contributed by atoms with Crippen molar-refractivity contribution < 1.29 is 0 Å². The van der Waals surface area contributed by atoms with Gasteiger partial charge in [0.05, 0.1) is 32.8 Å². The molecule has 4 aromatic rings. The molecule has 2 aromatic carbocycles. The summed E-state index contributed by atoms with van der Waals surface area (Å²) >= 11 is 13.9. The van der Waals surface area contributed by atoms with Gasteiger partial charge in [-0.15, -0.1) is 11.3 Å². The highest BCUT2D eigenvalue weighted by Gasteiger charge is 2.16. The van der Waals surface area contributed by atoms with Gasteiger partial charge in [0.15, 0.2) is 0 Å². The van der Waals surface area contributed by atoms with E-state index in [0.717, 1.165) is 27.4 Å². The molecule has 4 nitrogen and oxygen atoms in total. The Morgan fingerprint density at radius 3 is 2.51 bits per heavy atom. The van der Waals surface area contributed by atoms with Gasteiger partial charge >= 0.3 is 0 Å². The number of rotatable bonds is 6. The molecule has 2 heterocycles. The number of halogens is 2. The average molecular weight is 522 g/mol. The molecule has 1 aliphatic carbocycles. The molecule has 2 aromatic heterocycles. The van der Waals surface area contributed by atoms with Crippen LogP contribution >= 0.6 is 34.5 Å². The van der Waals surface area contributed by atoms with E-state index in [1.54, 1.807) is 29.7 Å². The zero-order valence-electron chi connectivity index (χ0n) is 19.3. The van der Waals surface area contributed by atoms with Gasteiger partial charge in [-0.3, -0.25) is 10.4 Å². The number of thiazole rings is 1. The predicted octanol–water partition coefficient (Wildman–Crippen LogP) is 8.41. The number of nitrogens with one attached hydrogen (secondary N) is 1. The molecule has 5 rings (SSSR count). The van der Waals surface area contributed by atoms with E-state index >= 15 is 0 Å². The van der Waals surface area contributed by atoms with Crippen LogP contribution in [-0.4, -0.2) is 9.66 Å². The Hall–Kier alpha value is -2.86. The lowest BCUT2D eigenvalue weighted by Gasteiger charge is -2.22. The van der Waals surface area contributed by atoms with Crippen LogP contribution in [0.5, 0.6) is 0 Å². The lowest BCUT2D eigenvalue weighted by Crippen LogP contribution is -2.25. The van der Waals surface area contributed by atoms with E-state index in [9.17, 15) is 0 Å². The first-order valence-corrected chi connectivity index (χ1v) is 13.4. The van der Waals surface area contributed by atoms with Crippen LogP contribution in [0, 0.1) is 0 Å². The number of hydrogen-bond donors (Lipinski definition) is 1. The van der Waals surface area contributed by atoms with Crippen molar-refractivity contribution in [2.75, 3.05) is 5.43 Å². The summed E-state index contributed by atoms with van der Waals surface area (Å²) in [5, 5.41) is 3.08. The Balaban J connectivity index is 1.53. The van der Waals surface area contributed by atoms with Crippen molar-refractivity contribution in [2.24, 2.45) is 4.99 Å². The van der Waals surface area contributed by atoms with Gasteiger partial charge < -0.3 is 0 Å². The van der Waals surface area contributed by atoms with Crippen LogP contribution in [0.4, 0.5) is 5.69 Å². The number of pyridine rings is 1. The maximum Gasteiger partial charge on any atom is 0.209 e. The number of benzene rings is 2. The fourth-order valence-electron chi connectivity index (χ4n) is 4.46. The Morgan fingerprint density at radius 2 is 1.80 bits per heavy atom. The molecule has 1 aliphatic rings. The van der Waals surface area contributed by atoms with Gasteiger partial charge in [0, 0.05) is 17.1 Å². The van der Waals surface area contributed by atoms with Crippen LogP contribution in [0.2, 0.25) is 10.0 Å². The molecule has 1 saturated carbocycles. The SMILES string of the molecule is C=C(Nn1c(-c2ccc(C3CCCCC3)cc2)csc1=Nc1ccc(Cl)c(Cl)c1)c1ccccn1. The fourth-order valence-corrected chi connectivity index (χ4v) is 5.62. The second-order valence-electron chi connectivity index (χ2n) is 8.71. The Morgan fingerprint density at radius 1 is 1.00 bits per heavy atom. The fraction of sp³-hybridized carbons (Fsp3) is 0.214. The van der Waals surface area contributed by atoms with Crippen LogP contribution in [0.25, 0.3) is 17.0 Å². The normalized spacial score (nSPS) is 14.7. The second-order valence-corrected chi connectivity index (χ2v) is 10.4. The molecule has 0 aliphatic heterocycles. The summed E-state index contributed by atoms with van der Waals surface area (Å²) in [6, 6.07) is 20.1. The number of nitrogens with zero attached hydrogens (tertiary/aromatic N) is 3. The summed E-state index contributed by atoms with van der Waals surface area (Å²) in [5.41, 5.74) is 9.13. The van der Waals surface area contributed by atoms with Crippen LogP contribution in [0.15, 0.2) is 83.8 Å². The van der Waals surface area contributed by atoms with Crippen molar-refractivity contribution in [2.45, 2.75) is 38.0 Å². The van der Waals surface area contributed by atoms with E-state index < -0.39 is 0 Å². The van der Waals surface area contributed by atoms with E-state index in [2.05, 4.69) is 46.6 Å². The Labute approximate surface area is 219 Å². The zero-order chi connectivity index (χ0) is 24.2. The van der Waals surface area contributed by atoms with Crippen molar-refractivity contribution in [3.63, 3.8) is 0 Å². The quantitative estimate of drug-likeness (QED) is 0.277. The molecule has 178 valence electrons. The van der Waals surface area contributed by atoms with Gasteiger partial charge in [-0.25, -0.2) is 9.67 Å². The summed E-state index contributed by atoms with van der Waals surface area (Å²) in [5.74, 6) is 0.676. The van der Waals surface area contributed by atoms with Gasteiger partial charge in [0.1, 0.15) is 0 Å². The molecule has 0 bridgehead atoms. The van der Waals surface area contributed by atoms with Gasteiger partial charge in [-0.05, 0) is 54.7 Å². The minimum Gasteiger partial charge on any atom is -0.290 e. The summed E-state index contributed by atoms with van der Waals surface area (Å²) in [6.45, 7) is 4.21. The van der Waals surface area contributed by atoms with Crippen LogP contribution in [0.3, 0.4) is 0 Å². The standard InChI is InChI=1S/C28H26Cl2N4S/c1-19(26-9-5-6-16-31-26)33-34-27(18-35-28(34)32-23-14-15-24(29)25(30)17-23)22-12-10-21(11-13-22)20-7-3-2-4-8-20/h5-6,9-18,20,33H,1-4,7-8H2. The first kappa shape index (κ1) is 23.9. The Kier molecular flexibility index (Phi) is 7.37. The zero-order valence-corrected chi connectivity index (χ0v) is 21.6. The molecule has 1 N–H and O–H groups in total. The van der Waals surface area contributed by atoms with Crippen molar-refractivity contribution in [3.05, 3.63) is 105 Å². The van der Waals surface area contributed by atoms with Crippen LogP contribution < -0.4 is 10.2 Å². The second kappa shape index (κ2) is 10.8. The van der Waals surface area contributed by atoms with E-state index in [0.29, 0.717) is 21.7 Å². The molecular weight excluding hydrogens is 495 g/mol. The smallest absolute Gasteiger partial charge is 0.209 e. The maximum atomic E-state index is 6.23. The third kappa shape index (κ3) is 5.53. The molecule has 0 spiro atoms. The van der Waals surface area contributed by atoms with E-state index in [1.807, 2.05) is 28.9 Å². The van der Waals surface area contributed by atoms with Crippen LogP contribution in [0.1, 0.15) is 49.3 Å².